The van der Waals surface area contributed by atoms with Crippen molar-refractivity contribution >= 4 is 5.69 Å². The Bertz CT molecular complexity index is 459. The summed E-state index contributed by atoms with van der Waals surface area (Å²) in [6, 6.07) is 6.21. The topological polar surface area (TPSA) is 15.3 Å². The monoisotopic (exact) mass is 300 g/mol. The largest absolute Gasteiger partial charge is 0.418 e. The van der Waals surface area contributed by atoms with Gasteiger partial charge in [-0.3, -0.25) is 0 Å². The Morgan fingerprint density at radius 2 is 2.00 bits per heavy atom. The molecule has 0 aliphatic carbocycles. The molecule has 1 aliphatic rings. The molecule has 2 rings (SSSR count). The van der Waals surface area contributed by atoms with Crippen molar-refractivity contribution in [2.45, 2.75) is 51.4 Å². The van der Waals surface area contributed by atoms with Gasteiger partial charge in [0.1, 0.15) is 0 Å². The van der Waals surface area contributed by atoms with E-state index in [9.17, 15) is 13.2 Å². The maximum atomic E-state index is 13.2. The second-order valence-corrected chi connectivity index (χ2v) is 5.62. The van der Waals surface area contributed by atoms with Crippen molar-refractivity contribution in [2.75, 3.05) is 18.0 Å². The first-order valence-electron chi connectivity index (χ1n) is 7.61. The molecule has 118 valence electrons. The summed E-state index contributed by atoms with van der Waals surface area (Å²) in [5.74, 6) is 0. The molecule has 1 aliphatic heterocycles. The average molecular weight is 300 g/mol. The number of halogens is 3. The Morgan fingerprint density at radius 1 is 1.29 bits per heavy atom. The molecule has 5 heteroatoms. The quantitative estimate of drug-likeness (QED) is 0.902. The highest BCUT2D eigenvalue weighted by Gasteiger charge is 2.37. The molecule has 1 heterocycles. The predicted molar refractivity (Wildman–Crippen MR) is 79.6 cm³/mol. The van der Waals surface area contributed by atoms with E-state index < -0.39 is 11.7 Å². The fourth-order valence-corrected chi connectivity index (χ4v) is 3.20. The van der Waals surface area contributed by atoms with Crippen LogP contribution in [0, 0.1) is 0 Å². The van der Waals surface area contributed by atoms with Crippen molar-refractivity contribution in [2.24, 2.45) is 0 Å². The lowest BCUT2D eigenvalue weighted by Crippen LogP contribution is -2.51. The Kier molecular flexibility index (Phi) is 5.14. The smallest absolute Gasteiger partial charge is 0.367 e. The van der Waals surface area contributed by atoms with E-state index in [0.29, 0.717) is 12.2 Å². The summed E-state index contributed by atoms with van der Waals surface area (Å²) in [6.07, 6.45) is -1.35. The number of piperidine rings is 1. The van der Waals surface area contributed by atoms with Crippen LogP contribution < -0.4 is 10.2 Å². The average Bonchev–Trinajstić information content (AvgIpc) is 2.46. The Balaban J connectivity index is 2.34. The van der Waals surface area contributed by atoms with Crippen LogP contribution in [0.25, 0.3) is 0 Å². The fraction of sp³-hybridized carbons (Fsp3) is 0.625. The lowest BCUT2D eigenvalue weighted by molar-refractivity contribution is -0.137. The van der Waals surface area contributed by atoms with Crippen LogP contribution in [0.5, 0.6) is 0 Å². The van der Waals surface area contributed by atoms with Crippen molar-refractivity contribution in [1.82, 2.24) is 5.32 Å². The molecule has 0 bridgehead atoms. The Morgan fingerprint density at radius 3 is 2.67 bits per heavy atom. The maximum absolute atomic E-state index is 13.2. The van der Waals surface area contributed by atoms with Crippen molar-refractivity contribution in [3.63, 3.8) is 0 Å². The van der Waals surface area contributed by atoms with Crippen molar-refractivity contribution in [3.05, 3.63) is 29.8 Å². The molecule has 0 amide bonds. The number of anilines is 1. The standard InChI is InChI=1S/C16H23F3N2/c1-3-20-12(2)14-9-6-7-11-21(14)15-10-5-4-8-13(15)16(17,18)19/h4-5,8,10,12,14,20H,3,6-7,9,11H2,1-2H3. The Labute approximate surface area is 124 Å². The van der Waals surface area contributed by atoms with E-state index in [2.05, 4.69) is 12.2 Å². The molecular weight excluding hydrogens is 277 g/mol. The number of rotatable bonds is 4. The number of nitrogens with zero attached hydrogens (tertiary/aromatic N) is 1. The molecule has 1 aromatic rings. The molecule has 2 atom stereocenters. The summed E-state index contributed by atoms with van der Waals surface area (Å²) >= 11 is 0. The summed E-state index contributed by atoms with van der Waals surface area (Å²) in [5.41, 5.74) is -0.208. The van der Waals surface area contributed by atoms with Gasteiger partial charge in [0.15, 0.2) is 0 Å². The first-order valence-corrected chi connectivity index (χ1v) is 7.61. The van der Waals surface area contributed by atoms with Crippen LogP contribution in [0.1, 0.15) is 38.7 Å². The summed E-state index contributed by atoms with van der Waals surface area (Å²) in [6.45, 7) is 5.59. The number of hydrogen-bond acceptors (Lipinski definition) is 2. The molecule has 1 aromatic carbocycles. The molecule has 21 heavy (non-hydrogen) atoms. The fourth-order valence-electron chi connectivity index (χ4n) is 3.20. The highest BCUT2D eigenvalue weighted by atomic mass is 19.4. The van der Waals surface area contributed by atoms with Crippen LogP contribution in [0.2, 0.25) is 0 Å². The highest BCUT2D eigenvalue weighted by molar-refractivity contribution is 5.56. The molecule has 1 saturated heterocycles. The van der Waals surface area contributed by atoms with Crippen molar-refractivity contribution < 1.29 is 13.2 Å². The number of hydrogen-bond donors (Lipinski definition) is 1. The summed E-state index contributed by atoms with van der Waals surface area (Å²) < 4.78 is 39.7. The highest BCUT2D eigenvalue weighted by Crippen LogP contribution is 2.38. The van der Waals surface area contributed by atoms with Gasteiger partial charge < -0.3 is 10.2 Å². The second kappa shape index (κ2) is 6.69. The molecule has 2 nitrogen and oxygen atoms in total. The summed E-state index contributed by atoms with van der Waals surface area (Å²) in [4.78, 5) is 1.94. The van der Waals surface area contributed by atoms with E-state index >= 15 is 0 Å². The normalized spacial score (nSPS) is 21.4. The molecule has 0 radical (unpaired) electrons. The van der Waals surface area contributed by atoms with Crippen LogP contribution >= 0.6 is 0 Å². The van der Waals surface area contributed by atoms with Crippen LogP contribution in [-0.4, -0.2) is 25.2 Å². The minimum absolute atomic E-state index is 0.113. The Hall–Kier alpha value is -1.23. The molecule has 0 aromatic heterocycles. The van der Waals surface area contributed by atoms with Gasteiger partial charge >= 0.3 is 6.18 Å². The van der Waals surface area contributed by atoms with Crippen LogP contribution in [-0.2, 0) is 6.18 Å². The SMILES string of the molecule is CCNC(C)C1CCCCN1c1ccccc1C(F)(F)F. The second-order valence-electron chi connectivity index (χ2n) is 5.62. The van der Waals surface area contributed by atoms with Crippen molar-refractivity contribution in [3.8, 4) is 0 Å². The van der Waals surface area contributed by atoms with E-state index in [1.807, 2.05) is 11.8 Å². The molecule has 2 unspecified atom stereocenters. The molecule has 0 saturated carbocycles. The van der Waals surface area contributed by atoms with E-state index in [1.54, 1.807) is 12.1 Å². The number of alkyl halides is 3. The van der Waals surface area contributed by atoms with E-state index in [-0.39, 0.29) is 12.1 Å². The van der Waals surface area contributed by atoms with Gasteiger partial charge in [-0.1, -0.05) is 19.1 Å². The zero-order chi connectivity index (χ0) is 15.5. The lowest BCUT2D eigenvalue weighted by atomic mass is 9.94. The van der Waals surface area contributed by atoms with Crippen molar-refractivity contribution in [1.29, 1.82) is 0 Å². The van der Waals surface area contributed by atoms with E-state index in [0.717, 1.165) is 25.8 Å². The molecular formula is C16H23F3N2. The van der Waals surface area contributed by atoms with Gasteiger partial charge in [-0.05, 0) is 44.9 Å². The van der Waals surface area contributed by atoms with Gasteiger partial charge in [0.2, 0.25) is 0 Å². The van der Waals surface area contributed by atoms with E-state index in [4.69, 9.17) is 0 Å². The van der Waals surface area contributed by atoms with E-state index in [1.165, 1.54) is 12.1 Å². The van der Waals surface area contributed by atoms with Gasteiger partial charge in [0.25, 0.3) is 0 Å². The minimum Gasteiger partial charge on any atom is -0.367 e. The van der Waals surface area contributed by atoms with Crippen LogP contribution in [0.15, 0.2) is 24.3 Å². The summed E-state index contributed by atoms with van der Waals surface area (Å²) in [5, 5.41) is 3.35. The zero-order valence-electron chi connectivity index (χ0n) is 12.6. The predicted octanol–water partition coefficient (Wildman–Crippen LogP) is 4.06. The number of benzene rings is 1. The first kappa shape index (κ1) is 16.1. The van der Waals surface area contributed by atoms with Crippen LogP contribution in [0.3, 0.4) is 0 Å². The minimum atomic E-state index is -4.31. The van der Waals surface area contributed by atoms with Gasteiger partial charge in [0, 0.05) is 24.3 Å². The van der Waals surface area contributed by atoms with Crippen LogP contribution in [0.4, 0.5) is 18.9 Å². The maximum Gasteiger partial charge on any atom is 0.418 e. The third-order valence-electron chi connectivity index (χ3n) is 4.17. The number of para-hydroxylation sites is 1. The summed E-state index contributed by atoms with van der Waals surface area (Å²) in [7, 11) is 0. The van der Waals surface area contributed by atoms with Gasteiger partial charge in [-0.15, -0.1) is 0 Å². The molecule has 0 spiro atoms. The zero-order valence-corrected chi connectivity index (χ0v) is 12.6. The molecule has 1 fully saturated rings. The van der Waals surface area contributed by atoms with Gasteiger partial charge in [0.05, 0.1) is 5.56 Å². The number of nitrogens with one attached hydrogen (secondary N) is 1. The third kappa shape index (κ3) is 3.70. The third-order valence-corrected chi connectivity index (χ3v) is 4.17. The van der Waals surface area contributed by atoms with Gasteiger partial charge in [-0.25, -0.2) is 0 Å². The number of likely N-dealkylation sites (N-methyl/N-ethyl adjacent to an activating group) is 1. The van der Waals surface area contributed by atoms with Gasteiger partial charge in [-0.2, -0.15) is 13.2 Å². The molecule has 1 N–H and O–H groups in total. The first-order chi connectivity index (χ1) is 9.95. The lowest BCUT2D eigenvalue weighted by Gasteiger charge is -2.42.